The third-order valence-corrected chi connectivity index (χ3v) is 10.1. The highest BCUT2D eigenvalue weighted by atomic mass is 35.5. The molecule has 1 saturated carbocycles. The number of halogens is 3. The molecule has 44 heavy (non-hydrogen) atoms. The molecular formula is C32H36Cl2FN3O5S. The fourth-order valence-corrected chi connectivity index (χ4v) is 7.21. The first-order chi connectivity index (χ1) is 21.0. The van der Waals surface area contributed by atoms with Crippen molar-refractivity contribution < 1.29 is 27.1 Å². The molecule has 3 aromatic rings. The lowest BCUT2D eigenvalue weighted by atomic mass is 10.1. The van der Waals surface area contributed by atoms with E-state index in [9.17, 15) is 22.4 Å². The lowest BCUT2D eigenvalue weighted by molar-refractivity contribution is -0.140. The van der Waals surface area contributed by atoms with Crippen molar-refractivity contribution >= 4 is 50.7 Å². The minimum atomic E-state index is -4.36. The highest BCUT2D eigenvalue weighted by Gasteiger charge is 2.35. The summed E-state index contributed by atoms with van der Waals surface area (Å²) in [5, 5.41) is 3.68. The van der Waals surface area contributed by atoms with Crippen molar-refractivity contribution in [3.63, 3.8) is 0 Å². The number of anilines is 1. The normalized spacial score (nSPS) is 14.2. The Balaban J connectivity index is 1.74. The molecule has 0 aromatic heterocycles. The van der Waals surface area contributed by atoms with E-state index >= 15 is 0 Å². The molecule has 1 aliphatic rings. The Labute approximate surface area is 268 Å². The van der Waals surface area contributed by atoms with Crippen molar-refractivity contribution in [3.8, 4) is 5.75 Å². The molecule has 1 N–H and O–H groups in total. The lowest BCUT2D eigenvalue weighted by Crippen LogP contribution is -2.53. The molecule has 0 aliphatic heterocycles. The Morgan fingerprint density at radius 3 is 2.16 bits per heavy atom. The van der Waals surface area contributed by atoms with E-state index in [0.29, 0.717) is 28.0 Å². The summed E-state index contributed by atoms with van der Waals surface area (Å²) >= 11 is 13.0. The van der Waals surface area contributed by atoms with Crippen LogP contribution in [0.4, 0.5) is 10.1 Å². The van der Waals surface area contributed by atoms with Gasteiger partial charge in [0.1, 0.15) is 24.2 Å². The van der Waals surface area contributed by atoms with E-state index in [2.05, 4.69) is 5.32 Å². The molecule has 0 bridgehead atoms. The second-order valence-electron chi connectivity index (χ2n) is 10.5. The Morgan fingerprint density at radius 1 is 0.977 bits per heavy atom. The molecule has 1 aliphatic carbocycles. The molecule has 3 aromatic carbocycles. The molecule has 0 heterocycles. The fourth-order valence-electron chi connectivity index (χ4n) is 5.28. The van der Waals surface area contributed by atoms with Gasteiger partial charge in [-0.1, -0.05) is 49.0 Å². The number of hydrogen-bond donors (Lipinski definition) is 1. The van der Waals surface area contributed by atoms with Crippen LogP contribution in [0.5, 0.6) is 5.75 Å². The van der Waals surface area contributed by atoms with Crippen LogP contribution in [0, 0.1) is 5.82 Å². The van der Waals surface area contributed by atoms with Crippen molar-refractivity contribution in [2.75, 3.05) is 17.5 Å². The van der Waals surface area contributed by atoms with Gasteiger partial charge in [0.25, 0.3) is 10.0 Å². The van der Waals surface area contributed by atoms with E-state index in [1.54, 1.807) is 37.3 Å². The first-order valence-corrected chi connectivity index (χ1v) is 16.8. The van der Waals surface area contributed by atoms with Crippen molar-refractivity contribution in [2.24, 2.45) is 0 Å². The maximum atomic E-state index is 14.3. The van der Waals surface area contributed by atoms with Gasteiger partial charge in [-0.15, -0.1) is 0 Å². The molecule has 236 valence electrons. The Bertz CT molecular complexity index is 1530. The van der Waals surface area contributed by atoms with Gasteiger partial charge in [0.15, 0.2) is 0 Å². The predicted molar refractivity (Wildman–Crippen MR) is 170 cm³/mol. The number of carbonyl (C=O) groups excluding carboxylic acids is 2. The molecule has 8 nitrogen and oxygen atoms in total. The van der Waals surface area contributed by atoms with Gasteiger partial charge in [-0.25, -0.2) is 12.8 Å². The van der Waals surface area contributed by atoms with E-state index in [1.165, 1.54) is 17.0 Å². The van der Waals surface area contributed by atoms with Crippen LogP contribution in [-0.4, -0.2) is 50.4 Å². The second-order valence-corrected chi connectivity index (χ2v) is 13.2. The first-order valence-electron chi connectivity index (χ1n) is 14.6. The van der Waals surface area contributed by atoms with E-state index in [1.807, 2.05) is 6.92 Å². The number of rotatable bonds is 13. The van der Waals surface area contributed by atoms with E-state index in [-0.39, 0.29) is 35.5 Å². The maximum absolute atomic E-state index is 14.3. The van der Waals surface area contributed by atoms with Crippen LogP contribution in [0.15, 0.2) is 71.6 Å². The zero-order chi connectivity index (χ0) is 31.9. The molecule has 1 atom stereocenters. The highest BCUT2D eigenvalue weighted by molar-refractivity contribution is 7.92. The summed E-state index contributed by atoms with van der Waals surface area (Å²) in [7, 11) is -4.36. The molecule has 0 spiro atoms. The number of nitrogens with zero attached hydrogens (tertiary/aromatic N) is 2. The summed E-state index contributed by atoms with van der Waals surface area (Å²) in [4.78, 5) is 29.0. The molecule has 12 heteroatoms. The zero-order valence-electron chi connectivity index (χ0n) is 24.6. The Morgan fingerprint density at radius 2 is 1.59 bits per heavy atom. The van der Waals surface area contributed by atoms with Crippen LogP contribution >= 0.6 is 23.2 Å². The van der Waals surface area contributed by atoms with Crippen LogP contribution in [0.25, 0.3) is 0 Å². The van der Waals surface area contributed by atoms with Gasteiger partial charge in [-0.2, -0.15) is 0 Å². The van der Waals surface area contributed by atoms with Gasteiger partial charge in [0.05, 0.1) is 17.2 Å². The minimum Gasteiger partial charge on any atom is -0.494 e. The molecule has 0 unspecified atom stereocenters. The van der Waals surface area contributed by atoms with Crippen LogP contribution < -0.4 is 14.4 Å². The smallest absolute Gasteiger partial charge is 0.264 e. The van der Waals surface area contributed by atoms with Crippen LogP contribution in [0.3, 0.4) is 0 Å². The average molecular weight is 665 g/mol. The van der Waals surface area contributed by atoms with Gasteiger partial charge in [0, 0.05) is 28.2 Å². The van der Waals surface area contributed by atoms with E-state index < -0.39 is 34.3 Å². The van der Waals surface area contributed by atoms with Crippen molar-refractivity contribution in [1.29, 1.82) is 0 Å². The molecule has 1 fully saturated rings. The summed E-state index contributed by atoms with van der Waals surface area (Å²) < 4.78 is 48.1. The summed E-state index contributed by atoms with van der Waals surface area (Å²) in [5.74, 6) is -1.06. The number of benzene rings is 3. The topological polar surface area (TPSA) is 96.0 Å². The molecular weight excluding hydrogens is 628 g/mol. The van der Waals surface area contributed by atoms with E-state index in [0.717, 1.165) is 54.3 Å². The van der Waals surface area contributed by atoms with Gasteiger partial charge < -0.3 is 15.0 Å². The third-order valence-electron chi connectivity index (χ3n) is 7.59. The minimum absolute atomic E-state index is 0.0107. The van der Waals surface area contributed by atoms with Crippen molar-refractivity contribution in [3.05, 3.63) is 88.2 Å². The third kappa shape index (κ3) is 8.02. The van der Waals surface area contributed by atoms with Crippen LogP contribution in [0.2, 0.25) is 10.0 Å². The summed E-state index contributed by atoms with van der Waals surface area (Å²) in [6.07, 6.45) is 4.00. The summed E-state index contributed by atoms with van der Waals surface area (Å²) in [6, 6.07) is 14.6. The summed E-state index contributed by atoms with van der Waals surface area (Å²) in [6.45, 7) is 3.25. The van der Waals surface area contributed by atoms with Gasteiger partial charge in [0.2, 0.25) is 11.8 Å². The fraction of sp³-hybridized carbons (Fsp3) is 0.375. The van der Waals surface area contributed by atoms with E-state index in [4.69, 9.17) is 27.9 Å². The summed E-state index contributed by atoms with van der Waals surface area (Å²) in [5.41, 5.74) is 0.621. The van der Waals surface area contributed by atoms with Gasteiger partial charge >= 0.3 is 0 Å². The maximum Gasteiger partial charge on any atom is 0.264 e. The number of carbonyl (C=O) groups is 2. The molecule has 0 radical (unpaired) electrons. The number of ether oxygens (including phenoxy) is 1. The largest absolute Gasteiger partial charge is 0.494 e. The highest BCUT2D eigenvalue weighted by Crippen LogP contribution is 2.30. The number of amides is 2. The zero-order valence-corrected chi connectivity index (χ0v) is 27.0. The first kappa shape index (κ1) is 33.6. The van der Waals surface area contributed by atoms with Crippen molar-refractivity contribution in [2.45, 2.75) is 69.5 Å². The van der Waals surface area contributed by atoms with Crippen LogP contribution in [-0.2, 0) is 26.2 Å². The number of hydrogen-bond acceptors (Lipinski definition) is 5. The van der Waals surface area contributed by atoms with Gasteiger partial charge in [-0.3, -0.25) is 13.9 Å². The molecule has 4 rings (SSSR count). The predicted octanol–water partition coefficient (Wildman–Crippen LogP) is 6.59. The standard InChI is InChI=1S/C32H36Cl2FN3O5S/c1-3-30(32(40)36-23-8-5-6-9-23)37(20-27-28(33)10-7-11-29(27)34)31(39)21-38(24-14-16-25(17-15-24)43-4-2)44(41,42)26-18-12-22(35)13-19-26/h7,10-19,23,30H,3-6,8-9,20-21H2,1-2H3,(H,36,40)/t30-/m1/s1. The molecule has 0 saturated heterocycles. The average Bonchev–Trinajstić information content (AvgIpc) is 3.51. The lowest BCUT2D eigenvalue weighted by Gasteiger charge is -2.34. The monoisotopic (exact) mass is 663 g/mol. The Kier molecular flexibility index (Phi) is 11.5. The van der Waals surface area contributed by atoms with Crippen LogP contribution in [0.1, 0.15) is 51.5 Å². The van der Waals surface area contributed by atoms with Crippen molar-refractivity contribution in [1.82, 2.24) is 10.2 Å². The van der Waals surface area contributed by atoms with Gasteiger partial charge in [-0.05, 0) is 86.8 Å². The SMILES string of the molecule is CCOc1ccc(N(CC(=O)N(Cc2c(Cl)cccc2Cl)[C@H](CC)C(=O)NC2CCCC2)S(=O)(=O)c2ccc(F)cc2)cc1. The Hall–Kier alpha value is -3.34. The number of nitrogens with one attached hydrogen (secondary N) is 1. The quantitative estimate of drug-likeness (QED) is 0.223. The molecule has 2 amide bonds. The number of sulfonamides is 1. The second kappa shape index (κ2) is 15.1.